The molecule has 0 spiro atoms. The van der Waals surface area contributed by atoms with Crippen LogP contribution < -0.4 is 0 Å². The Kier molecular flexibility index (Phi) is 4.27. The molecule has 1 saturated heterocycles. The highest BCUT2D eigenvalue weighted by atomic mass is 79.9. The maximum atomic E-state index is 11.9. The first-order chi connectivity index (χ1) is 10.5. The van der Waals surface area contributed by atoms with Gasteiger partial charge in [-0.25, -0.2) is 14.8 Å². The van der Waals surface area contributed by atoms with Gasteiger partial charge in [0.15, 0.2) is 0 Å². The lowest BCUT2D eigenvalue weighted by Gasteiger charge is -2.39. The molecule has 1 aliphatic heterocycles. The molecule has 0 bridgehead atoms. The van der Waals surface area contributed by atoms with Crippen molar-refractivity contribution in [2.45, 2.75) is 19.9 Å². The molecule has 0 saturated carbocycles. The number of hydrogen-bond acceptors (Lipinski definition) is 4. The largest absolute Gasteiger partial charge is 0.449 e. The van der Waals surface area contributed by atoms with E-state index in [0.717, 1.165) is 15.5 Å². The van der Waals surface area contributed by atoms with Gasteiger partial charge < -0.3 is 14.2 Å². The standard InChI is InChI=1S/C14H16BrClN4O2/c1-8(2)6-22-14(21)19-3-9(4-19)20-5-10(15)11-12(16)17-7-18-13(11)20/h5,7-9H,3-4,6H2,1-2H3. The summed E-state index contributed by atoms with van der Waals surface area (Å²) in [7, 11) is 0. The van der Waals surface area contributed by atoms with Crippen LogP contribution in [0.3, 0.4) is 0 Å². The van der Waals surface area contributed by atoms with Crippen molar-refractivity contribution < 1.29 is 9.53 Å². The van der Waals surface area contributed by atoms with Gasteiger partial charge in [0.05, 0.1) is 18.0 Å². The highest BCUT2D eigenvalue weighted by molar-refractivity contribution is 9.10. The summed E-state index contributed by atoms with van der Waals surface area (Å²) in [5, 5.41) is 1.22. The average molecular weight is 388 g/mol. The van der Waals surface area contributed by atoms with E-state index in [4.69, 9.17) is 16.3 Å². The molecule has 0 aromatic carbocycles. The number of carbonyl (C=O) groups excluding carboxylic acids is 1. The number of halogens is 2. The molecule has 3 heterocycles. The van der Waals surface area contributed by atoms with E-state index in [2.05, 4.69) is 25.9 Å². The number of rotatable bonds is 3. The average Bonchev–Trinajstić information content (AvgIpc) is 2.73. The number of carbonyl (C=O) groups is 1. The molecule has 2 aromatic heterocycles. The summed E-state index contributed by atoms with van der Waals surface area (Å²) in [6.45, 7) is 5.68. The number of fused-ring (bicyclic) bond motifs is 1. The molecule has 1 fully saturated rings. The van der Waals surface area contributed by atoms with Crippen molar-refractivity contribution in [3.05, 3.63) is 22.1 Å². The van der Waals surface area contributed by atoms with Gasteiger partial charge in [-0.05, 0) is 21.8 Å². The molecule has 6 nitrogen and oxygen atoms in total. The number of aromatic nitrogens is 3. The van der Waals surface area contributed by atoms with Crippen LogP contribution in [0.2, 0.25) is 5.15 Å². The number of nitrogens with zero attached hydrogens (tertiary/aromatic N) is 4. The molecular formula is C14H16BrClN4O2. The van der Waals surface area contributed by atoms with E-state index in [0.29, 0.717) is 30.8 Å². The zero-order chi connectivity index (χ0) is 15.9. The van der Waals surface area contributed by atoms with E-state index >= 15 is 0 Å². The van der Waals surface area contributed by atoms with Gasteiger partial charge in [0.2, 0.25) is 0 Å². The lowest BCUT2D eigenvalue weighted by atomic mass is 10.1. The van der Waals surface area contributed by atoms with Gasteiger partial charge in [-0.2, -0.15) is 0 Å². The normalized spacial score (nSPS) is 15.4. The van der Waals surface area contributed by atoms with Gasteiger partial charge in [-0.15, -0.1) is 0 Å². The number of amides is 1. The molecule has 0 atom stereocenters. The molecular weight excluding hydrogens is 372 g/mol. The third-order valence-electron chi connectivity index (χ3n) is 3.57. The Morgan fingerprint density at radius 3 is 2.91 bits per heavy atom. The minimum Gasteiger partial charge on any atom is -0.449 e. The summed E-state index contributed by atoms with van der Waals surface area (Å²) in [5.41, 5.74) is 0.770. The van der Waals surface area contributed by atoms with Crippen LogP contribution in [-0.2, 0) is 4.74 Å². The first kappa shape index (κ1) is 15.6. The fraction of sp³-hybridized carbons (Fsp3) is 0.500. The molecule has 0 radical (unpaired) electrons. The van der Waals surface area contributed by atoms with E-state index in [9.17, 15) is 4.79 Å². The minimum absolute atomic E-state index is 0.173. The highest BCUT2D eigenvalue weighted by Gasteiger charge is 2.34. The van der Waals surface area contributed by atoms with E-state index in [1.165, 1.54) is 6.33 Å². The number of hydrogen-bond donors (Lipinski definition) is 0. The Balaban J connectivity index is 1.71. The van der Waals surface area contributed by atoms with Crippen molar-refractivity contribution >= 4 is 44.7 Å². The fourth-order valence-electron chi connectivity index (χ4n) is 2.39. The second kappa shape index (κ2) is 6.04. The Morgan fingerprint density at radius 1 is 1.50 bits per heavy atom. The van der Waals surface area contributed by atoms with Crippen LogP contribution in [0.15, 0.2) is 17.0 Å². The number of ether oxygens (including phenoxy) is 1. The minimum atomic E-state index is -0.256. The second-order valence-corrected chi connectivity index (χ2v) is 6.99. The van der Waals surface area contributed by atoms with Crippen LogP contribution in [0, 0.1) is 5.92 Å². The summed E-state index contributed by atoms with van der Waals surface area (Å²) >= 11 is 9.60. The van der Waals surface area contributed by atoms with Gasteiger partial charge in [0, 0.05) is 23.8 Å². The summed E-state index contributed by atoms with van der Waals surface area (Å²) in [4.78, 5) is 21.9. The van der Waals surface area contributed by atoms with Crippen LogP contribution in [0.1, 0.15) is 19.9 Å². The van der Waals surface area contributed by atoms with Crippen molar-refractivity contribution in [1.82, 2.24) is 19.4 Å². The van der Waals surface area contributed by atoms with Crippen LogP contribution in [0.5, 0.6) is 0 Å². The van der Waals surface area contributed by atoms with Crippen LogP contribution in [0.4, 0.5) is 4.79 Å². The van der Waals surface area contributed by atoms with Crippen molar-refractivity contribution in [2.24, 2.45) is 5.92 Å². The quantitative estimate of drug-likeness (QED) is 0.756. The smallest absolute Gasteiger partial charge is 0.409 e. The highest BCUT2D eigenvalue weighted by Crippen LogP contribution is 2.34. The van der Waals surface area contributed by atoms with Crippen molar-refractivity contribution in [3.8, 4) is 0 Å². The van der Waals surface area contributed by atoms with Crippen LogP contribution in [0.25, 0.3) is 11.0 Å². The van der Waals surface area contributed by atoms with Gasteiger partial charge in [-0.1, -0.05) is 25.4 Å². The molecule has 22 heavy (non-hydrogen) atoms. The van der Waals surface area contributed by atoms with Gasteiger partial charge in [0.25, 0.3) is 0 Å². The zero-order valence-electron chi connectivity index (χ0n) is 12.3. The first-order valence-electron chi connectivity index (χ1n) is 7.05. The summed E-state index contributed by atoms with van der Waals surface area (Å²) in [6.07, 6.45) is 3.13. The molecule has 8 heteroatoms. The van der Waals surface area contributed by atoms with Crippen molar-refractivity contribution in [2.75, 3.05) is 19.7 Å². The molecule has 118 valence electrons. The Morgan fingerprint density at radius 2 is 2.23 bits per heavy atom. The van der Waals surface area contributed by atoms with Gasteiger partial charge in [-0.3, -0.25) is 0 Å². The summed E-state index contributed by atoms with van der Waals surface area (Å²) < 4.78 is 8.11. The second-order valence-electron chi connectivity index (χ2n) is 5.78. The predicted molar refractivity (Wildman–Crippen MR) is 87.0 cm³/mol. The Labute approximate surface area is 141 Å². The molecule has 0 aliphatic carbocycles. The summed E-state index contributed by atoms with van der Waals surface area (Å²) in [6, 6.07) is 0.173. The molecule has 1 amide bonds. The van der Waals surface area contributed by atoms with Crippen molar-refractivity contribution in [1.29, 1.82) is 0 Å². The van der Waals surface area contributed by atoms with E-state index in [1.54, 1.807) is 4.90 Å². The Bertz CT molecular complexity index is 712. The lowest BCUT2D eigenvalue weighted by molar-refractivity contribution is 0.0515. The molecule has 2 aromatic rings. The maximum absolute atomic E-state index is 11.9. The third-order valence-corrected chi connectivity index (χ3v) is 4.46. The predicted octanol–water partition coefficient (Wildman–Crippen LogP) is 3.50. The first-order valence-corrected chi connectivity index (χ1v) is 8.22. The van der Waals surface area contributed by atoms with E-state index in [-0.39, 0.29) is 12.1 Å². The summed E-state index contributed by atoms with van der Waals surface area (Å²) in [5.74, 6) is 0.337. The third kappa shape index (κ3) is 2.79. The number of likely N-dealkylation sites (tertiary alicyclic amines) is 1. The molecule has 0 unspecified atom stereocenters. The SMILES string of the molecule is CC(C)COC(=O)N1CC(n2cc(Br)c3c(Cl)ncnc32)C1. The monoisotopic (exact) mass is 386 g/mol. The Hall–Kier alpha value is -1.34. The zero-order valence-corrected chi connectivity index (χ0v) is 14.6. The van der Waals surface area contributed by atoms with Crippen molar-refractivity contribution in [3.63, 3.8) is 0 Å². The molecule has 0 N–H and O–H groups in total. The van der Waals surface area contributed by atoms with Gasteiger partial charge in [0.1, 0.15) is 17.1 Å². The lowest BCUT2D eigenvalue weighted by Crippen LogP contribution is -2.51. The van der Waals surface area contributed by atoms with Crippen LogP contribution in [-0.4, -0.2) is 45.2 Å². The molecule has 1 aliphatic rings. The van der Waals surface area contributed by atoms with Gasteiger partial charge >= 0.3 is 6.09 Å². The fourth-order valence-corrected chi connectivity index (χ4v) is 3.32. The maximum Gasteiger partial charge on any atom is 0.409 e. The van der Waals surface area contributed by atoms with Crippen LogP contribution >= 0.6 is 27.5 Å². The van der Waals surface area contributed by atoms with E-state index < -0.39 is 0 Å². The topological polar surface area (TPSA) is 60.2 Å². The molecule has 3 rings (SSSR count). The van der Waals surface area contributed by atoms with E-state index in [1.807, 2.05) is 24.6 Å².